The molecular weight excluding hydrogens is 598 g/mol. The monoisotopic (exact) mass is 633 g/mol. The SMILES string of the molecule is CCOC(=O)c1ccccc1NC(=O)N1CCN(c2ccc(NC(=O)c3oc4ccc(-c5ccccc5OC)cc4c3C)cn2)CC1. The molecule has 3 aromatic carbocycles. The van der Waals surface area contributed by atoms with Gasteiger partial charge >= 0.3 is 12.0 Å². The number of pyridine rings is 1. The van der Waals surface area contributed by atoms with Crippen LogP contribution in [-0.4, -0.2) is 67.7 Å². The van der Waals surface area contributed by atoms with Gasteiger partial charge in [-0.1, -0.05) is 36.4 Å². The minimum atomic E-state index is -0.481. The van der Waals surface area contributed by atoms with Gasteiger partial charge in [-0.05, 0) is 61.9 Å². The number of esters is 1. The van der Waals surface area contributed by atoms with Crippen LogP contribution in [0.4, 0.5) is 22.0 Å². The molecule has 0 bridgehead atoms. The van der Waals surface area contributed by atoms with E-state index in [0.717, 1.165) is 33.6 Å². The number of para-hydroxylation sites is 2. The lowest BCUT2D eigenvalue weighted by Crippen LogP contribution is -2.50. The van der Waals surface area contributed by atoms with Crippen molar-refractivity contribution < 1.29 is 28.3 Å². The molecule has 0 spiro atoms. The summed E-state index contributed by atoms with van der Waals surface area (Å²) < 4.78 is 16.6. The van der Waals surface area contributed by atoms with E-state index in [-0.39, 0.29) is 24.3 Å². The largest absolute Gasteiger partial charge is 0.496 e. The zero-order chi connectivity index (χ0) is 32.9. The van der Waals surface area contributed by atoms with E-state index in [2.05, 4.69) is 20.5 Å². The highest BCUT2D eigenvalue weighted by Gasteiger charge is 2.24. The molecule has 5 aromatic rings. The van der Waals surface area contributed by atoms with Gasteiger partial charge in [0.05, 0.1) is 36.9 Å². The number of carbonyl (C=O) groups is 3. The number of benzene rings is 3. The summed E-state index contributed by atoms with van der Waals surface area (Å²) in [4.78, 5) is 46.8. The summed E-state index contributed by atoms with van der Waals surface area (Å²) in [5.74, 6) is 0.894. The lowest BCUT2D eigenvalue weighted by atomic mass is 10.0. The molecule has 47 heavy (non-hydrogen) atoms. The van der Waals surface area contributed by atoms with E-state index in [4.69, 9.17) is 13.9 Å². The highest BCUT2D eigenvalue weighted by atomic mass is 16.5. The first-order valence-corrected chi connectivity index (χ1v) is 15.4. The summed E-state index contributed by atoms with van der Waals surface area (Å²) in [5, 5.41) is 6.58. The Morgan fingerprint density at radius 3 is 2.43 bits per heavy atom. The van der Waals surface area contributed by atoms with Crippen molar-refractivity contribution in [1.29, 1.82) is 0 Å². The molecule has 0 aliphatic carbocycles. The maximum Gasteiger partial charge on any atom is 0.340 e. The molecule has 1 aliphatic heterocycles. The van der Waals surface area contributed by atoms with Crippen molar-refractivity contribution in [2.75, 3.05) is 55.4 Å². The Balaban J connectivity index is 1.06. The number of fused-ring (bicyclic) bond motifs is 1. The maximum atomic E-state index is 13.2. The first-order valence-electron chi connectivity index (χ1n) is 15.4. The number of nitrogens with one attached hydrogen (secondary N) is 2. The van der Waals surface area contributed by atoms with Gasteiger partial charge in [0.2, 0.25) is 0 Å². The van der Waals surface area contributed by atoms with Crippen LogP contribution in [-0.2, 0) is 4.74 Å². The molecule has 6 rings (SSSR count). The van der Waals surface area contributed by atoms with Gasteiger partial charge in [-0.3, -0.25) is 4.79 Å². The molecule has 0 saturated carbocycles. The van der Waals surface area contributed by atoms with Crippen LogP contribution in [0.15, 0.2) is 89.5 Å². The topological polar surface area (TPSA) is 126 Å². The molecule has 3 amide bonds. The number of furan rings is 1. The number of methoxy groups -OCH3 is 1. The number of amides is 3. The molecule has 11 nitrogen and oxygen atoms in total. The Morgan fingerprint density at radius 1 is 0.915 bits per heavy atom. The van der Waals surface area contributed by atoms with Crippen LogP contribution < -0.4 is 20.3 Å². The maximum absolute atomic E-state index is 13.2. The van der Waals surface area contributed by atoms with Crippen LogP contribution in [0, 0.1) is 6.92 Å². The second-order valence-corrected chi connectivity index (χ2v) is 11.0. The van der Waals surface area contributed by atoms with Gasteiger partial charge < -0.3 is 34.3 Å². The van der Waals surface area contributed by atoms with Crippen molar-refractivity contribution in [3.63, 3.8) is 0 Å². The zero-order valence-corrected chi connectivity index (χ0v) is 26.4. The number of ether oxygens (including phenoxy) is 2. The molecule has 0 unspecified atom stereocenters. The van der Waals surface area contributed by atoms with Gasteiger partial charge in [-0.25, -0.2) is 14.6 Å². The quantitative estimate of drug-likeness (QED) is 0.183. The third-order valence-electron chi connectivity index (χ3n) is 8.12. The minimum Gasteiger partial charge on any atom is -0.496 e. The van der Waals surface area contributed by atoms with Crippen molar-refractivity contribution >= 4 is 46.1 Å². The first kappa shape index (κ1) is 31.2. The van der Waals surface area contributed by atoms with Crippen LogP contribution in [0.2, 0.25) is 0 Å². The molecule has 2 aromatic heterocycles. The Morgan fingerprint density at radius 2 is 1.68 bits per heavy atom. The summed E-state index contributed by atoms with van der Waals surface area (Å²) >= 11 is 0. The summed E-state index contributed by atoms with van der Waals surface area (Å²) in [6.07, 6.45) is 1.61. The van der Waals surface area contributed by atoms with E-state index in [1.807, 2.05) is 55.5 Å². The molecule has 0 atom stereocenters. The predicted molar refractivity (Wildman–Crippen MR) is 180 cm³/mol. The molecule has 1 aliphatic rings. The number of anilines is 3. The Bertz CT molecular complexity index is 1930. The van der Waals surface area contributed by atoms with Gasteiger partial charge in [0.1, 0.15) is 17.2 Å². The number of hydrogen-bond acceptors (Lipinski definition) is 8. The van der Waals surface area contributed by atoms with Gasteiger partial charge in [-0.15, -0.1) is 0 Å². The van der Waals surface area contributed by atoms with E-state index in [1.54, 1.807) is 55.5 Å². The second kappa shape index (κ2) is 13.7. The average molecular weight is 634 g/mol. The van der Waals surface area contributed by atoms with Gasteiger partial charge in [0.25, 0.3) is 5.91 Å². The average Bonchev–Trinajstić information content (AvgIpc) is 3.44. The summed E-state index contributed by atoms with van der Waals surface area (Å²) in [7, 11) is 1.64. The smallest absolute Gasteiger partial charge is 0.340 e. The van der Waals surface area contributed by atoms with Crippen molar-refractivity contribution in [1.82, 2.24) is 9.88 Å². The Kier molecular flexibility index (Phi) is 9.05. The Hall–Kier alpha value is -5.84. The van der Waals surface area contributed by atoms with Gasteiger partial charge in [0, 0.05) is 42.7 Å². The molecule has 1 fully saturated rings. The van der Waals surface area contributed by atoms with Crippen LogP contribution in [0.1, 0.15) is 33.4 Å². The molecule has 0 radical (unpaired) electrons. The van der Waals surface area contributed by atoms with Gasteiger partial charge in [0.15, 0.2) is 5.76 Å². The fraction of sp³-hybridized carbons (Fsp3) is 0.222. The molecular formula is C36H35N5O6. The summed E-state index contributed by atoms with van der Waals surface area (Å²) in [6.45, 7) is 5.93. The van der Waals surface area contributed by atoms with Crippen LogP contribution in [0.25, 0.3) is 22.1 Å². The number of nitrogens with zero attached hydrogens (tertiary/aromatic N) is 3. The van der Waals surface area contributed by atoms with E-state index in [9.17, 15) is 14.4 Å². The molecule has 1 saturated heterocycles. The predicted octanol–water partition coefficient (Wildman–Crippen LogP) is 6.59. The van der Waals surface area contributed by atoms with Crippen molar-refractivity contribution in [2.24, 2.45) is 0 Å². The number of piperazine rings is 1. The van der Waals surface area contributed by atoms with Crippen LogP contribution >= 0.6 is 0 Å². The van der Waals surface area contributed by atoms with Crippen molar-refractivity contribution in [3.8, 4) is 16.9 Å². The van der Waals surface area contributed by atoms with E-state index in [0.29, 0.717) is 48.7 Å². The number of aryl methyl sites for hydroxylation is 1. The van der Waals surface area contributed by atoms with E-state index < -0.39 is 5.97 Å². The Labute approximate surface area is 272 Å². The van der Waals surface area contributed by atoms with Crippen LogP contribution in [0.3, 0.4) is 0 Å². The molecule has 11 heteroatoms. The number of hydrogen-bond donors (Lipinski definition) is 2. The molecule has 240 valence electrons. The van der Waals surface area contributed by atoms with Crippen LogP contribution in [0.5, 0.6) is 5.75 Å². The zero-order valence-electron chi connectivity index (χ0n) is 26.4. The second-order valence-electron chi connectivity index (χ2n) is 11.0. The lowest BCUT2D eigenvalue weighted by molar-refractivity contribution is 0.0527. The lowest BCUT2D eigenvalue weighted by Gasteiger charge is -2.35. The van der Waals surface area contributed by atoms with E-state index in [1.165, 1.54) is 0 Å². The fourth-order valence-corrected chi connectivity index (χ4v) is 5.63. The first-order chi connectivity index (χ1) is 22.9. The summed E-state index contributed by atoms with van der Waals surface area (Å²) in [5.41, 5.74) is 4.54. The highest BCUT2D eigenvalue weighted by molar-refractivity contribution is 6.07. The molecule has 3 heterocycles. The van der Waals surface area contributed by atoms with Crippen molar-refractivity contribution in [3.05, 3.63) is 102 Å². The molecule has 2 N–H and O–H groups in total. The number of urea groups is 1. The number of rotatable bonds is 8. The number of carbonyl (C=O) groups excluding carboxylic acids is 3. The normalized spacial score (nSPS) is 12.9. The van der Waals surface area contributed by atoms with Crippen molar-refractivity contribution in [2.45, 2.75) is 13.8 Å². The fourth-order valence-electron chi connectivity index (χ4n) is 5.63. The number of aromatic nitrogens is 1. The van der Waals surface area contributed by atoms with Gasteiger partial charge in [-0.2, -0.15) is 0 Å². The third kappa shape index (κ3) is 6.60. The third-order valence-corrected chi connectivity index (χ3v) is 8.12. The standard InChI is InChI=1S/C36H35N5O6/c1-4-46-35(43)27-10-5-7-11-29(27)39-36(44)41-19-17-40(18-20-41)32-16-14-25(22-37-32)38-34(42)33-23(2)28-21-24(13-15-31(28)47-33)26-9-6-8-12-30(26)45-3/h5-16,21-22H,4,17-20H2,1-3H3,(H,38,42)(H,39,44). The minimum absolute atomic E-state index is 0.237. The highest BCUT2D eigenvalue weighted by Crippen LogP contribution is 2.34. The summed E-state index contributed by atoms with van der Waals surface area (Å²) in [6, 6.07) is 23.7. The van der Waals surface area contributed by atoms with E-state index >= 15 is 0 Å².